The Labute approximate surface area is 165 Å². The lowest BCUT2D eigenvalue weighted by atomic mass is 9.66. The van der Waals surface area contributed by atoms with Crippen molar-refractivity contribution in [1.29, 1.82) is 0 Å². The van der Waals surface area contributed by atoms with Gasteiger partial charge in [0.1, 0.15) is 0 Å². The number of likely N-dealkylation sites (tertiary alicyclic amines) is 1. The Morgan fingerprint density at radius 3 is 2.71 bits per heavy atom. The van der Waals surface area contributed by atoms with Gasteiger partial charge >= 0.3 is 0 Å². The summed E-state index contributed by atoms with van der Waals surface area (Å²) >= 11 is 0. The Bertz CT molecular complexity index is 996. The van der Waals surface area contributed by atoms with Gasteiger partial charge in [-0.15, -0.1) is 0 Å². The van der Waals surface area contributed by atoms with Crippen molar-refractivity contribution < 1.29 is 9.90 Å². The molecule has 1 aliphatic heterocycles. The van der Waals surface area contributed by atoms with E-state index < -0.39 is 5.60 Å². The van der Waals surface area contributed by atoms with Gasteiger partial charge in [0, 0.05) is 41.2 Å². The van der Waals surface area contributed by atoms with Crippen LogP contribution < -0.4 is 0 Å². The molecule has 3 atom stereocenters. The molecule has 0 spiro atoms. The maximum absolute atomic E-state index is 13.5. The number of nitrogens with zero attached hydrogens (tertiary/aromatic N) is 1. The molecule has 4 nitrogen and oxygen atoms in total. The van der Waals surface area contributed by atoms with Crippen molar-refractivity contribution in [1.82, 2.24) is 9.88 Å². The van der Waals surface area contributed by atoms with Crippen LogP contribution in [0.3, 0.4) is 0 Å². The third-order valence-electron chi connectivity index (χ3n) is 6.84. The first-order valence-electron chi connectivity index (χ1n) is 10.3. The number of aromatic amines is 1. The fourth-order valence-electron chi connectivity index (χ4n) is 5.45. The largest absolute Gasteiger partial charge is 0.385 e. The molecular weight excluding hydrogens is 348 g/mol. The van der Waals surface area contributed by atoms with Crippen LogP contribution in [0.1, 0.15) is 48.0 Å². The Morgan fingerprint density at radius 1 is 1.04 bits per heavy atom. The molecule has 1 unspecified atom stereocenters. The number of aliphatic hydroxyl groups is 1. The van der Waals surface area contributed by atoms with Crippen molar-refractivity contribution in [3.63, 3.8) is 0 Å². The lowest BCUT2D eigenvalue weighted by molar-refractivity contribution is -0.110. The third-order valence-corrected chi connectivity index (χ3v) is 6.84. The van der Waals surface area contributed by atoms with Gasteiger partial charge in [0.2, 0.25) is 0 Å². The van der Waals surface area contributed by atoms with E-state index in [1.807, 2.05) is 65.7 Å². The highest BCUT2D eigenvalue weighted by Gasteiger charge is 2.50. The molecule has 3 aromatic rings. The Kier molecular flexibility index (Phi) is 4.24. The molecule has 1 saturated heterocycles. The minimum Gasteiger partial charge on any atom is -0.385 e. The summed E-state index contributed by atoms with van der Waals surface area (Å²) in [6.07, 6.45) is 6.64. The number of rotatable bonds is 2. The van der Waals surface area contributed by atoms with Crippen LogP contribution in [0.5, 0.6) is 0 Å². The molecule has 144 valence electrons. The zero-order valence-electron chi connectivity index (χ0n) is 16.0. The molecule has 0 radical (unpaired) electrons. The van der Waals surface area contributed by atoms with E-state index in [9.17, 15) is 9.90 Å². The van der Waals surface area contributed by atoms with Crippen molar-refractivity contribution in [3.05, 3.63) is 71.9 Å². The maximum Gasteiger partial charge on any atom is 0.254 e. The van der Waals surface area contributed by atoms with Gasteiger partial charge < -0.3 is 15.0 Å². The molecule has 1 saturated carbocycles. The van der Waals surface area contributed by atoms with E-state index in [-0.39, 0.29) is 17.9 Å². The summed E-state index contributed by atoms with van der Waals surface area (Å²) in [5, 5.41) is 12.7. The van der Waals surface area contributed by atoms with Crippen LogP contribution >= 0.6 is 0 Å². The first-order chi connectivity index (χ1) is 13.7. The summed E-state index contributed by atoms with van der Waals surface area (Å²) in [6, 6.07) is 18.0. The summed E-state index contributed by atoms with van der Waals surface area (Å²) in [4.78, 5) is 18.8. The number of benzene rings is 2. The summed E-state index contributed by atoms with van der Waals surface area (Å²) in [6.45, 7) is 0.589. The van der Waals surface area contributed by atoms with Crippen molar-refractivity contribution in [3.8, 4) is 0 Å². The zero-order chi connectivity index (χ0) is 19.1. The number of aromatic nitrogens is 1. The molecule has 2 fully saturated rings. The van der Waals surface area contributed by atoms with Crippen molar-refractivity contribution in [2.45, 2.75) is 43.7 Å². The highest BCUT2D eigenvalue weighted by Crippen LogP contribution is 2.47. The molecule has 2 aliphatic rings. The molecule has 5 rings (SSSR count). The number of piperidine rings is 1. The third kappa shape index (κ3) is 2.67. The van der Waals surface area contributed by atoms with E-state index in [1.165, 1.54) is 0 Å². The second-order valence-electron chi connectivity index (χ2n) is 8.24. The van der Waals surface area contributed by atoms with Crippen LogP contribution in [-0.4, -0.2) is 33.5 Å². The van der Waals surface area contributed by atoms with Gasteiger partial charge in [0.15, 0.2) is 0 Å². The Morgan fingerprint density at radius 2 is 1.86 bits per heavy atom. The molecule has 4 heteroatoms. The second kappa shape index (κ2) is 6.78. The van der Waals surface area contributed by atoms with Gasteiger partial charge in [0.05, 0.1) is 5.60 Å². The molecule has 2 N–H and O–H groups in total. The van der Waals surface area contributed by atoms with E-state index in [2.05, 4.69) is 4.98 Å². The topological polar surface area (TPSA) is 56.3 Å². The molecular formula is C24H26N2O2. The smallest absolute Gasteiger partial charge is 0.254 e. The van der Waals surface area contributed by atoms with Gasteiger partial charge in [-0.2, -0.15) is 0 Å². The minimum atomic E-state index is -0.844. The lowest BCUT2D eigenvalue weighted by Gasteiger charge is -2.52. The molecule has 2 heterocycles. The fraction of sp³-hybridized carbons (Fsp3) is 0.375. The zero-order valence-corrected chi connectivity index (χ0v) is 16.0. The normalized spacial score (nSPS) is 27.5. The highest BCUT2D eigenvalue weighted by molar-refractivity contribution is 6.06. The molecule has 0 bridgehead atoms. The van der Waals surface area contributed by atoms with E-state index in [0.29, 0.717) is 13.0 Å². The summed E-state index contributed by atoms with van der Waals surface area (Å²) in [5.41, 5.74) is 1.90. The Balaban J connectivity index is 1.51. The van der Waals surface area contributed by atoms with Crippen LogP contribution in [-0.2, 0) is 5.60 Å². The van der Waals surface area contributed by atoms with Crippen molar-refractivity contribution in [2.75, 3.05) is 6.54 Å². The van der Waals surface area contributed by atoms with E-state index in [4.69, 9.17) is 0 Å². The van der Waals surface area contributed by atoms with E-state index in [0.717, 1.165) is 47.7 Å². The average Bonchev–Trinajstić information content (AvgIpc) is 3.23. The second-order valence-corrected chi connectivity index (χ2v) is 8.24. The van der Waals surface area contributed by atoms with Crippen LogP contribution in [0.15, 0.2) is 60.8 Å². The number of hydrogen-bond donors (Lipinski definition) is 2. The lowest BCUT2D eigenvalue weighted by Crippen LogP contribution is -2.59. The number of fused-ring (bicyclic) bond motifs is 2. The standard InChI is InChI=1S/C24H26N2O2/c27-23(19-9-6-11-21-18(19)13-15-25-21)26-16-14-24(28,17-7-2-1-3-8-17)20-10-4-5-12-22(20)26/h1-3,6-9,11,13,15,20,22,25,28H,4-5,10,12,14,16H2/t20-,22?,24-/m1/s1. The molecule has 2 aromatic carbocycles. The van der Waals surface area contributed by atoms with Crippen molar-refractivity contribution in [2.24, 2.45) is 5.92 Å². The number of carbonyl (C=O) groups is 1. The average molecular weight is 374 g/mol. The molecule has 1 aliphatic carbocycles. The van der Waals surface area contributed by atoms with Crippen LogP contribution in [0.25, 0.3) is 10.9 Å². The van der Waals surface area contributed by atoms with Crippen molar-refractivity contribution >= 4 is 16.8 Å². The fourth-order valence-corrected chi connectivity index (χ4v) is 5.45. The van der Waals surface area contributed by atoms with Gasteiger partial charge in [-0.05, 0) is 43.0 Å². The SMILES string of the molecule is O=C(c1cccc2[nH]ccc12)N1CC[C@@](O)(c2ccccc2)[C@@H]2CCCCC21. The van der Waals surface area contributed by atoms with Crippen LogP contribution in [0.4, 0.5) is 0 Å². The number of carbonyl (C=O) groups excluding carboxylic acids is 1. The molecule has 28 heavy (non-hydrogen) atoms. The number of hydrogen-bond acceptors (Lipinski definition) is 2. The van der Waals surface area contributed by atoms with Crippen LogP contribution in [0, 0.1) is 5.92 Å². The van der Waals surface area contributed by atoms with E-state index >= 15 is 0 Å². The summed E-state index contributed by atoms with van der Waals surface area (Å²) in [7, 11) is 0. The Hall–Kier alpha value is -2.59. The first kappa shape index (κ1) is 17.5. The predicted octanol–water partition coefficient (Wildman–Crippen LogP) is 4.46. The predicted molar refractivity (Wildman–Crippen MR) is 110 cm³/mol. The number of H-pyrrole nitrogens is 1. The monoisotopic (exact) mass is 374 g/mol. The van der Waals surface area contributed by atoms with Gasteiger partial charge in [-0.1, -0.05) is 49.2 Å². The van der Waals surface area contributed by atoms with Gasteiger partial charge in [-0.25, -0.2) is 0 Å². The van der Waals surface area contributed by atoms with Gasteiger partial charge in [0.25, 0.3) is 5.91 Å². The molecule has 1 aromatic heterocycles. The van der Waals surface area contributed by atoms with Crippen LogP contribution in [0.2, 0.25) is 0 Å². The quantitative estimate of drug-likeness (QED) is 0.696. The highest BCUT2D eigenvalue weighted by atomic mass is 16.3. The van der Waals surface area contributed by atoms with Gasteiger partial charge in [-0.3, -0.25) is 4.79 Å². The summed E-state index contributed by atoms with van der Waals surface area (Å²) < 4.78 is 0. The maximum atomic E-state index is 13.5. The summed E-state index contributed by atoms with van der Waals surface area (Å²) in [5.74, 6) is 0.184. The minimum absolute atomic E-state index is 0.0896. The van der Waals surface area contributed by atoms with E-state index in [1.54, 1.807) is 0 Å². The number of nitrogens with one attached hydrogen (secondary N) is 1. The first-order valence-corrected chi connectivity index (χ1v) is 10.3. The number of amides is 1. The molecule has 1 amide bonds.